The van der Waals surface area contributed by atoms with Gasteiger partial charge in [-0.3, -0.25) is 4.79 Å². The van der Waals surface area contributed by atoms with Crippen molar-refractivity contribution >= 4 is 23.3 Å². The average molecular weight is 207 g/mol. The Balaban J connectivity index is 2.47. The normalized spacial score (nSPS) is 10.4. The molecule has 0 aliphatic heterocycles. The summed E-state index contributed by atoms with van der Waals surface area (Å²) < 4.78 is 0. The summed E-state index contributed by atoms with van der Waals surface area (Å²) >= 11 is 1.67. The molecule has 74 valence electrons. The second kappa shape index (κ2) is 5.40. The number of nitrogens with one attached hydrogen (secondary N) is 1. The van der Waals surface area contributed by atoms with E-state index in [4.69, 9.17) is 0 Å². The standard InChI is InChI=1S/C11H13NOS/c1-3-8-12-11(13)7-6-10-5-4-9(2)14-10/h3-7H,1,8H2,2H3,(H,12,13). The quantitative estimate of drug-likeness (QED) is 0.596. The molecule has 14 heavy (non-hydrogen) atoms. The lowest BCUT2D eigenvalue weighted by molar-refractivity contribution is -0.116. The molecule has 0 bridgehead atoms. The molecule has 3 heteroatoms. The van der Waals surface area contributed by atoms with Gasteiger partial charge in [-0.25, -0.2) is 0 Å². The van der Waals surface area contributed by atoms with Gasteiger partial charge in [0, 0.05) is 22.4 Å². The topological polar surface area (TPSA) is 29.1 Å². The number of carbonyl (C=O) groups is 1. The van der Waals surface area contributed by atoms with Gasteiger partial charge in [0.25, 0.3) is 0 Å². The Labute approximate surface area is 88.0 Å². The highest BCUT2D eigenvalue weighted by Gasteiger charge is 1.94. The number of hydrogen-bond acceptors (Lipinski definition) is 2. The van der Waals surface area contributed by atoms with Crippen molar-refractivity contribution in [1.29, 1.82) is 0 Å². The predicted molar refractivity (Wildman–Crippen MR) is 61.3 cm³/mol. The summed E-state index contributed by atoms with van der Waals surface area (Å²) in [4.78, 5) is 13.5. The smallest absolute Gasteiger partial charge is 0.244 e. The maximum Gasteiger partial charge on any atom is 0.244 e. The number of thiophene rings is 1. The first kappa shape index (κ1) is 10.7. The van der Waals surface area contributed by atoms with E-state index >= 15 is 0 Å². The molecule has 0 atom stereocenters. The summed E-state index contributed by atoms with van der Waals surface area (Å²) in [6.45, 7) is 6.07. The van der Waals surface area contributed by atoms with Crippen molar-refractivity contribution in [2.24, 2.45) is 0 Å². The summed E-state index contributed by atoms with van der Waals surface area (Å²) in [5.41, 5.74) is 0. The molecule has 0 unspecified atom stereocenters. The van der Waals surface area contributed by atoms with Crippen molar-refractivity contribution in [2.45, 2.75) is 6.92 Å². The van der Waals surface area contributed by atoms with Gasteiger partial charge in [-0.2, -0.15) is 0 Å². The number of amides is 1. The van der Waals surface area contributed by atoms with E-state index < -0.39 is 0 Å². The highest BCUT2D eigenvalue weighted by atomic mass is 32.1. The Hall–Kier alpha value is -1.35. The van der Waals surface area contributed by atoms with E-state index in [2.05, 4.69) is 11.9 Å². The molecule has 0 radical (unpaired) electrons. The molecule has 1 aromatic rings. The van der Waals surface area contributed by atoms with Crippen LogP contribution in [0.3, 0.4) is 0 Å². The summed E-state index contributed by atoms with van der Waals surface area (Å²) in [6, 6.07) is 4.03. The van der Waals surface area contributed by atoms with Crippen LogP contribution in [0.5, 0.6) is 0 Å². The van der Waals surface area contributed by atoms with Gasteiger partial charge in [0.1, 0.15) is 0 Å². The van der Waals surface area contributed by atoms with Crippen molar-refractivity contribution in [3.63, 3.8) is 0 Å². The van der Waals surface area contributed by atoms with E-state index in [1.54, 1.807) is 17.4 Å². The summed E-state index contributed by atoms with van der Waals surface area (Å²) in [5, 5.41) is 2.67. The zero-order valence-electron chi connectivity index (χ0n) is 8.12. The third-order valence-corrected chi connectivity index (χ3v) is 2.55. The third-order valence-electron chi connectivity index (χ3n) is 1.58. The lowest BCUT2D eigenvalue weighted by atomic mass is 10.4. The lowest BCUT2D eigenvalue weighted by Gasteiger charge is -1.94. The molecule has 1 amide bonds. The predicted octanol–water partition coefficient (Wildman–Crippen LogP) is 2.37. The van der Waals surface area contributed by atoms with Crippen molar-refractivity contribution in [3.05, 3.63) is 40.6 Å². The number of carbonyl (C=O) groups excluding carboxylic acids is 1. The number of rotatable bonds is 4. The van der Waals surface area contributed by atoms with Crippen LogP contribution < -0.4 is 5.32 Å². The monoisotopic (exact) mass is 207 g/mol. The van der Waals surface area contributed by atoms with Crippen LogP contribution >= 0.6 is 11.3 Å². The fourth-order valence-corrected chi connectivity index (χ4v) is 1.71. The number of hydrogen-bond donors (Lipinski definition) is 1. The first-order chi connectivity index (χ1) is 6.72. The minimum absolute atomic E-state index is 0.0871. The van der Waals surface area contributed by atoms with E-state index in [0.29, 0.717) is 6.54 Å². The molecule has 1 heterocycles. The molecule has 0 saturated carbocycles. The van der Waals surface area contributed by atoms with Crippen LogP contribution in [-0.2, 0) is 4.79 Å². The fourth-order valence-electron chi connectivity index (χ4n) is 0.933. The molecule has 0 aromatic carbocycles. The van der Waals surface area contributed by atoms with Gasteiger partial charge in [-0.05, 0) is 25.1 Å². The summed E-state index contributed by atoms with van der Waals surface area (Å²) in [7, 11) is 0. The molecule has 0 aliphatic carbocycles. The maximum absolute atomic E-state index is 11.1. The molecule has 2 nitrogen and oxygen atoms in total. The largest absolute Gasteiger partial charge is 0.349 e. The van der Waals surface area contributed by atoms with Crippen LogP contribution in [-0.4, -0.2) is 12.5 Å². The Morgan fingerprint density at radius 3 is 3.00 bits per heavy atom. The van der Waals surface area contributed by atoms with Crippen LogP contribution in [0.1, 0.15) is 9.75 Å². The third kappa shape index (κ3) is 3.58. The molecule has 0 spiro atoms. The van der Waals surface area contributed by atoms with E-state index in [1.165, 1.54) is 11.0 Å². The van der Waals surface area contributed by atoms with E-state index in [0.717, 1.165) is 4.88 Å². The molecular formula is C11H13NOS. The van der Waals surface area contributed by atoms with Crippen molar-refractivity contribution in [2.75, 3.05) is 6.54 Å². The minimum Gasteiger partial charge on any atom is -0.349 e. The van der Waals surface area contributed by atoms with Crippen LogP contribution in [0.15, 0.2) is 30.9 Å². The molecule has 1 N–H and O–H groups in total. The Morgan fingerprint density at radius 2 is 2.43 bits per heavy atom. The summed E-state index contributed by atoms with van der Waals surface area (Å²) in [5.74, 6) is -0.0871. The van der Waals surface area contributed by atoms with Crippen LogP contribution in [0.4, 0.5) is 0 Å². The minimum atomic E-state index is -0.0871. The van der Waals surface area contributed by atoms with E-state index in [-0.39, 0.29) is 5.91 Å². The molecule has 0 aliphatic rings. The highest BCUT2D eigenvalue weighted by molar-refractivity contribution is 7.12. The van der Waals surface area contributed by atoms with E-state index in [1.807, 2.05) is 25.1 Å². The van der Waals surface area contributed by atoms with Crippen LogP contribution in [0, 0.1) is 6.92 Å². The Kier molecular flexibility index (Phi) is 4.13. The zero-order valence-corrected chi connectivity index (χ0v) is 8.93. The Bertz CT molecular complexity index is 352. The average Bonchev–Trinajstić information content (AvgIpc) is 2.58. The van der Waals surface area contributed by atoms with Gasteiger partial charge in [0.2, 0.25) is 5.91 Å². The van der Waals surface area contributed by atoms with Gasteiger partial charge >= 0.3 is 0 Å². The first-order valence-electron chi connectivity index (χ1n) is 4.35. The van der Waals surface area contributed by atoms with Crippen molar-refractivity contribution in [3.8, 4) is 0 Å². The summed E-state index contributed by atoms with van der Waals surface area (Å²) in [6.07, 6.45) is 5.01. The van der Waals surface area contributed by atoms with Crippen molar-refractivity contribution in [1.82, 2.24) is 5.32 Å². The van der Waals surface area contributed by atoms with E-state index in [9.17, 15) is 4.79 Å². The maximum atomic E-state index is 11.1. The molecule has 0 saturated heterocycles. The molecule has 1 rings (SSSR count). The lowest BCUT2D eigenvalue weighted by Crippen LogP contribution is -2.20. The molecule has 1 aromatic heterocycles. The van der Waals surface area contributed by atoms with Gasteiger partial charge in [-0.1, -0.05) is 6.08 Å². The molecule has 0 fully saturated rings. The second-order valence-electron chi connectivity index (χ2n) is 2.82. The number of aryl methyl sites for hydroxylation is 1. The second-order valence-corrected chi connectivity index (χ2v) is 4.14. The molecular weight excluding hydrogens is 194 g/mol. The van der Waals surface area contributed by atoms with Gasteiger partial charge in [0.15, 0.2) is 0 Å². The van der Waals surface area contributed by atoms with Crippen molar-refractivity contribution < 1.29 is 4.79 Å². The first-order valence-corrected chi connectivity index (χ1v) is 5.17. The van der Waals surface area contributed by atoms with Gasteiger partial charge in [-0.15, -0.1) is 17.9 Å². The SMILES string of the molecule is C=CCNC(=O)C=Cc1ccc(C)s1. The zero-order chi connectivity index (χ0) is 10.4. The fraction of sp³-hybridized carbons (Fsp3) is 0.182. The Morgan fingerprint density at radius 1 is 1.64 bits per heavy atom. The van der Waals surface area contributed by atoms with Gasteiger partial charge < -0.3 is 5.32 Å². The highest BCUT2D eigenvalue weighted by Crippen LogP contribution is 2.15. The van der Waals surface area contributed by atoms with Crippen LogP contribution in [0.2, 0.25) is 0 Å². The van der Waals surface area contributed by atoms with Gasteiger partial charge in [0.05, 0.1) is 0 Å². The van der Waals surface area contributed by atoms with Crippen LogP contribution in [0.25, 0.3) is 6.08 Å².